The van der Waals surface area contributed by atoms with Crippen molar-refractivity contribution in [3.63, 3.8) is 0 Å². The molecule has 2 aromatic rings. The Hall–Kier alpha value is -1.81. The summed E-state index contributed by atoms with van der Waals surface area (Å²) in [4.78, 5) is 14.1. The van der Waals surface area contributed by atoms with E-state index in [1.807, 2.05) is 12.1 Å². The molecule has 4 heteroatoms. The molecule has 0 aliphatic rings. The second-order valence-corrected chi connectivity index (χ2v) is 5.82. The number of hydrogen-bond donors (Lipinski definition) is 1. The van der Waals surface area contributed by atoms with Crippen LogP contribution in [0, 0.1) is 13.8 Å². The van der Waals surface area contributed by atoms with Crippen LogP contribution in [0.15, 0.2) is 30.3 Å². The summed E-state index contributed by atoms with van der Waals surface area (Å²) < 4.78 is 4.71. The van der Waals surface area contributed by atoms with Crippen LogP contribution in [0.4, 0.5) is 5.69 Å². The molecule has 1 heterocycles. The summed E-state index contributed by atoms with van der Waals surface area (Å²) >= 11 is 1.80. The highest BCUT2D eigenvalue weighted by Crippen LogP contribution is 2.22. The van der Waals surface area contributed by atoms with Gasteiger partial charge in [-0.2, -0.15) is 0 Å². The molecule has 0 atom stereocenters. The molecule has 1 aromatic carbocycles. The molecule has 0 saturated carbocycles. The van der Waals surface area contributed by atoms with E-state index in [9.17, 15) is 4.79 Å². The van der Waals surface area contributed by atoms with Crippen molar-refractivity contribution in [1.29, 1.82) is 0 Å². The van der Waals surface area contributed by atoms with Crippen molar-refractivity contribution in [3.05, 3.63) is 51.2 Å². The zero-order valence-electron chi connectivity index (χ0n) is 11.3. The summed E-state index contributed by atoms with van der Waals surface area (Å²) in [6.45, 7) is 5.00. The highest BCUT2D eigenvalue weighted by molar-refractivity contribution is 7.12. The SMILES string of the molecule is COC(=O)c1cccc(NCc2cc(C)sc2C)c1. The number of aryl methyl sites for hydroxylation is 2. The average molecular weight is 275 g/mol. The first-order valence-electron chi connectivity index (χ1n) is 6.08. The fourth-order valence-electron chi connectivity index (χ4n) is 1.93. The Morgan fingerprint density at radius 1 is 1.32 bits per heavy atom. The number of carbonyl (C=O) groups excluding carboxylic acids is 1. The van der Waals surface area contributed by atoms with Gasteiger partial charge in [-0.3, -0.25) is 0 Å². The number of methoxy groups -OCH3 is 1. The van der Waals surface area contributed by atoms with E-state index in [4.69, 9.17) is 4.74 Å². The maximum Gasteiger partial charge on any atom is 0.337 e. The van der Waals surface area contributed by atoms with Crippen LogP contribution in [0.25, 0.3) is 0 Å². The monoisotopic (exact) mass is 275 g/mol. The first-order valence-corrected chi connectivity index (χ1v) is 6.90. The third-order valence-electron chi connectivity index (χ3n) is 2.91. The molecule has 0 unspecified atom stereocenters. The van der Waals surface area contributed by atoms with Crippen LogP contribution in [0.3, 0.4) is 0 Å². The Morgan fingerprint density at radius 2 is 2.11 bits per heavy atom. The number of nitrogens with one attached hydrogen (secondary N) is 1. The van der Waals surface area contributed by atoms with Gasteiger partial charge in [0.25, 0.3) is 0 Å². The summed E-state index contributed by atoms with van der Waals surface area (Å²) in [5.41, 5.74) is 2.78. The van der Waals surface area contributed by atoms with E-state index in [0.29, 0.717) is 5.56 Å². The molecule has 0 radical (unpaired) electrons. The van der Waals surface area contributed by atoms with Gasteiger partial charge in [0, 0.05) is 22.0 Å². The zero-order chi connectivity index (χ0) is 13.8. The summed E-state index contributed by atoms with van der Waals surface area (Å²) in [5, 5.41) is 3.33. The summed E-state index contributed by atoms with van der Waals surface area (Å²) in [6.07, 6.45) is 0. The van der Waals surface area contributed by atoms with Crippen LogP contribution in [0.5, 0.6) is 0 Å². The van der Waals surface area contributed by atoms with Crippen LogP contribution in [0.1, 0.15) is 25.7 Å². The fourth-order valence-corrected chi connectivity index (χ4v) is 2.88. The van der Waals surface area contributed by atoms with E-state index < -0.39 is 0 Å². The minimum absolute atomic E-state index is 0.314. The van der Waals surface area contributed by atoms with Crippen molar-refractivity contribution >= 4 is 23.0 Å². The van der Waals surface area contributed by atoms with Crippen molar-refractivity contribution < 1.29 is 9.53 Å². The molecule has 0 bridgehead atoms. The van der Waals surface area contributed by atoms with Gasteiger partial charge in [0.05, 0.1) is 12.7 Å². The normalized spacial score (nSPS) is 10.3. The molecule has 3 nitrogen and oxygen atoms in total. The highest BCUT2D eigenvalue weighted by atomic mass is 32.1. The van der Waals surface area contributed by atoms with Gasteiger partial charge in [-0.25, -0.2) is 4.79 Å². The Kier molecular flexibility index (Phi) is 4.22. The molecule has 0 amide bonds. The summed E-state index contributed by atoms with van der Waals surface area (Å²) in [5.74, 6) is -0.314. The molecule has 0 spiro atoms. The second-order valence-electron chi connectivity index (χ2n) is 4.36. The molecule has 1 aromatic heterocycles. The van der Waals surface area contributed by atoms with Gasteiger partial charge in [0.2, 0.25) is 0 Å². The smallest absolute Gasteiger partial charge is 0.337 e. The third-order valence-corrected chi connectivity index (χ3v) is 3.92. The highest BCUT2D eigenvalue weighted by Gasteiger charge is 2.06. The molecule has 2 rings (SSSR count). The number of rotatable bonds is 4. The first kappa shape index (κ1) is 13.6. The van der Waals surface area contributed by atoms with Crippen molar-refractivity contribution in [3.8, 4) is 0 Å². The Morgan fingerprint density at radius 3 is 2.74 bits per heavy atom. The van der Waals surface area contributed by atoms with Gasteiger partial charge in [0.1, 0.15) is 0 Å². The van der Waals surface area contributed by atoms with Gasteiger partial charge in [0.15, 0.2) is 0 Å². The van der Waals surface area contributed by atoms with Crippen LogP contribution in [-0.2, 0) is 11.3 Å². The lowest BCUT2D eigenvalue weighted by atomic mass is 10.2. The standard InChI is InChI=1S/C15H17NO2S/c1-10-7-13(11(2)19-10)9-16-14-6-4-5-12(8-14)15(17)18-3/h4-8,16H,9H2,1-3H3. The number of carbonyl (C=O) groups is 1. The number of hydrogen-bond acceptors (Lipinski definition) is 4. The maximum absolute atomic E-state index is 11.4. The number of ether oxygens (including phenoxy) is 1. The molecule has 1 N–H and O–H groups in total. The van der Waals surface area contributed by atoms with Gasteiger partial charge in [-0.1, -0.05) is 6.07 Å². The van der Waals surface area contributed by atoms with Crippen LogP contribution in [0.2, 0.25) is 0 Å². The van der Waals surface area contributed by atoms with Crippen LogP contribution >= 0.6 is 11.3 Å². The molecular formula is C15H17NO2S. The number of thiophene rings is 1. The maximum atomic E-state index is 11.4. The van der Waals surface area contributed by atoms with Crippen LogP contribution < -0.4 is 5.32 Å². The lowest BCUT2D eigenvalue weighted by Crippen LogP contribution is -2.03. The van der Waals surface area contributed by atoms with Gasteiger partial charge in [-0.15, -0.1) is 11.3 Å². The fraction of sp³-hybridized carbons (Fsp3) is 0.267. The summed E-state index contributed by atoms with van der Waals surface area (Å²) in [6, 6.07) is 9.54. The predicted octanol–water partition coefficient (Wildman–Crippen LogP) is 3.76. The van der Waals surface area contributed by atoms with Gasteiger partial charge < -0.3 is 10.1 Å². The zero-order valence-corrected chi connectivity index (χ0v) is 12.1. The first-order chi connectivity index (χ1) is 9.10. The second kappa shape index (κ2) is 5.89. The quantitative estimate of drug-likeness (QED) is 0.863. The molecular weight excluding hydrogens is 258 g/mol. The van der Waals surface area contributed by atoms with Crippen molar-refractivity contribution in [2.24, 2.45) is 0 Å². The molecule has 19 heavy (non-hydrogen) atoms. The van der Waals surface area contributed by atoms with E-state index in [1.165, 1.54) is 22.4 Å². The van der Waals surface area contributed by atoms with E-state index >= 15 is 0 Å². The molecule has 100 valence electrons. The topological polar surface area (TPSA) is 38.3 Å². The third kappa shape index (κ3) is 3.35. The van der Waals surface area contributed by atoms with E-state index in [2.05, 4.69) is 25.2 Å². The predicted molar refractivity (Wildman–Crippen MR) is 78.9 cm³/mol. The van der Waals surface area contributed by atoms with E-state index in [1.54, 1.807) is 23.5 Å². The lowest BCUT2D eigenvalue weighted by Gasteiger charge is -2.07. The van der Waals surface area contributed by atoms with Crippen molar-refractivity contribution in [2.45, 2.75) is 20.4 Å². The average Bonchev–Trinajstić information content (AvgIpc) is 2.74. The molecule has 0 aliphatic heterocycles. The number of esters is 1. The molecule has 0 aliphatic carbocycles. The largest absolute Gasteiger partial charge is 0.465 e. The van der Waals surface area contributed by atoms with E-state index in [0.717, 1.165) is 12.2 Å². The van der Waals surface area contributed by atoms with Gasteiger partial charge in [-0.05, 0) is 43.7 Å². The molecule has 0 fully saturated rings. The van der Waals surface area contributed by atoms with Crippen LogP contribution in [-0.4, -0.2) is 13.1 Å². The van der Waals surface area contributed by atoms with Crippen molar-refractivity contribution in [2.75, 3.05) is 12.4 Å². The number of anilines is 1. The number of benzene rings is 1. The van der Waals surface area contributed by atoms with Gasteiger partial charge >= 0.3 is 5.97 Å². The van der Waals surface area contributed by atoms with E-state index in [-0.39, 0.29) is 5.97 Å². The lowest BCUT2D eigenvalue weighted by molar-refractivity contribution is 0.0601. The minimum Gasteiger partial charge on any atom is -0.465 e. The minimum atomic E-state index is -0.314. The Balaban J connectivity index is 2.07. The Bertz CT molecular complexity index is 590. The Labute approximate surface area is 117 Å². The van der Waals surface area contributed by atoms with Crippen molar-refractivity contribution in [1.82, 2.24) is 0 Å². The molecule has 0 saturated heterocycles. The summed E-state index contributed by atoms with van der Waals surface area (Å²) in [7, 11) is 1.39.